The number of aryl methyl sites for hydroxylation is 1. The summed E-state index contributed by atoms with van der Waals surface area (Å²) in [5, 5.41) is 12.4. The van der Waals surface area contributed by atoms with E-state index in [1.807, 2.05) is 42.2 Å². The lowest BCUT2D eigenvalue weighted by molar-refractivity contribution is -0.134. The zero-order chi connectivity index (χ0) is 21.0. The molecule has 1 aliphatic heterocycles. The van der Waals surface area contributed by atoms with Crippen molar-refractivity contribution in [2.24, 2.45) is 5.41 Å². The van der Waals surface area contributed by atoms with Gasteiger partial charge in [-0.15, -0.1) is 0 Å². The maximum absolute atomic E-state index is 13.3. The Hall–Kier alpha value is -3.07. The Morgan fingerprint density at radius 2 is 1.76 bits per heavy atom. The van der Waals surface area contributed by atoms with Gasteiger partial charge in [-0.2, -0.15) is 5.26 Å². The molecule has 0 saturated carbocycles. The van der Waals surface area contributed by atoms with Crippen molar-refractivity contribution in [3.05, 3.63) is 53.7 Å². The van der Waals surface area contributed by atoms with Crippen LogP contribution in [0.2, 0.25) is 0 Å². The molecule has 1 aromatic carbocycles. The maximum Gasteiger partial charge on any atom is 0.245 e. The van der Waals surface area contributed by atoms with Crippen molar-refractivity contribution >= 4 is 17.4 Å². The van der Waals surface area contributed by atoms with Crippen LogP contribution >= 0.6 is 0 Å². The van der Waals surface area contributed by atoms with Crippen LogP contribution < -0.4 is 10.2 Å². The summed E-state index contributed by atoms with van der Waals surface area (Å²) in [4.78, 5) is 22.1. The largest absolute Gasteiger partial charge is 0.373 e. The highest BCUT2D eigenvalue weighted by atomic mass is 16.2. The summed E-state index contributed by atoms with van der Waals surface area (Å²) >= 11 is 0. The van der Waals surface area contributed by atoms with Gasteiger partial charge >= 0.3 is 0 Å². The number of aromatic nitrogens is 1. The Morgan fingerprint density at radius 1 is 1.10 bits per heavy atom. The lowest BCUT2D eigenvalue weighted by Gasteiger charge is -2.40. The van der Waals surface area contributed by atoms with Gasteiger partial charge in [-0.05, 0) is 48.7 Å². The molecule has 1 N–H and O–H groups in total. The van der Waals surface area contributed by atoms with Crippen LogP contribution in [0.1, 0.15) is 32.0 Å². The van der Waals surface area contributed by atoms with Crippen LogP contribution in [-0.2, 0) is 4.79 Å². The minimum Gasteiger partial charge on any atom is -0.373 e. The number of benzene rings is 1. The van der Waals surface area contributed by atoms with E-state index < -0.39 is 0 Å². The molecule has 0 spiro atoms. The van der Waals surface area contributed by atoms with Crippen LogP contribution in [0.4, 0.5) is 11.5 Å². The van der Waals surface area contributed by atoms with Gasteiger partial charge in [-0.25, -0.2) is 4.98 Å². The van der Waals surface area contributed by atoms with E-state index in [9.17, 15) is 4.79 Å². The van der Waals surface area contributed by atoms with Crippen LogP contribution in [0.5, 0.6) is 0 Å². The van der Waals surface area contributed by atoms with Gasteiger partial charge in [0.15, 0.2) is 0 Å². The SMILES string of the molecule is Cc1cccc(N2CCN(C(=O)C(Nc3ccc(C#N)cc3)C(C)(C)C)CC2)n1. The molecule has 1 amide bonds. The second-order valence-electron chi connectivity index (χ2n) is 8.58. The number of nitrogens with one attached hydrogen (secondary N) is 1. The van der Waals surface area contributed by atoms with Gasteiger partial charge in [-0.1, -0.05) is 26.8 Å². The van der Waals surface area contributed by atoms with Crippen LogP contribution in [0.15, 0.2) is 42.5 Å². The van der Waals surface area contributed by atoms with Crippen LogP contribution in [0.3, 0.4) is 0 Å². The fourth-order valence-electron chi connectivity index (χ4n) is 3.50. The molecule has 1 aliphatic rings. The molecular formula is C23H29N5O. The molecule has 1 aromatic heterocycles. The predicted molar refractivity (Wildman–Crippen MR) is 116 cm³/mol. The number of amides is 1. The average molecular weight is 392 g/mol. The van der Waals surface area contributed by atoms with Gasteiger partial charge in [0.2, 0.25) is 5.91 Å². The zero-order valence-corrected chi connectivity index (χ0v) is 17.6. The van der Waals surface area contributed by atoms with Crippen molar-refractivity contribution in [3.8, 4) is 6.07 Å². The Morgan fingerprint density at radius 3 is 2.31 bits per heavy atom. The van der Waals surface area contributed by atoms with E-state index in [1.54, 1.807) is 12.1 Å². The van der Waals surface area contributed by atoms with Gasteiger partial charge < -0.3 is 15.1 Å². The summed E-state index contributed by atoms with van der Waals surface area (Å²) in [7, 11) is 0. The molecule has 2 aromatic rings. The number of carbonyl (C=O) groups is 1. The molecule has 0 radical (unpaired) electrons. The number of nitriles is 1. The molecule has 2 heterocycles. The summed E-state index contributed by atoms with van der Waals surface area (Å²) in [6, 6.07) is 15.0. The molecule has 1 saturated heterocycles. The molecule has 1 fully saturated rings. The highest BCUT2D eigenvalue weighted by Gasteiger charge is 2.35. The summed E-state index contributed by atoms with van der Waals surface area (Å²) in [6.07, 6.45) is 0. The van der Waals surface area contributed by atoms with Crippen molar-refractivity contribution in [1.29, 1.82) is 5.26 Å². The number of hydrogen-bond acceptors (Lipinski definition) is 5. The van der Waals surface area contributed by atoms with Crippen molar-refractivity contribution in [2.75, 3.05) is 36.4 Å². The molecular weight excluding hydrogens is 362 g/mol. The quantitative estimate of drug-likeness (QED) is 0.864. The van der Waals surface area contributed by atoms with Gasteiger partial charge in [0, 0.05) is 37.6 Å². The smallest absolute Gasteiger partial charge is 0.245 e. The second kappa shape index (κ2) is 8.52. The molecule has 3 rings (SSSR count). The lowest BCUT2D eigenvalue weighted by Crippen LogP contribution is -2.55. The van der Waals surface area contributed by atoms with E-state index >= 15 is 0 Å². The number of rotatable bonds is 4. The van der Waals surface area contributed by atoms with Gasteiger partial charge in [0.05, 0.1) is 11.6 Å². The fourth-order valence-corrected chi connectivity index (χ4v) is 3.50. The van der Waals surface area contributed by atoms with E-state index in [-0.39, 0.29) is 17.4 Å². The van der Waals surface area contributed by atoms with Crippen LogP contribution in [0.25, 0.3) is 0 Å². The first-order chi connectivity index (χ1) is 13.8. The zero-order valence-electron chi connectivity index (χ0n) is 17.6. The van der Waals surface area contributed by atoms with E-state index in [0.717, 1.165) is 30.3 Å². The van der Waals surface area contributed by atoms with Gasteiger partial charge in [0.1, 0.15) is 11.9 Å². The summed E-state index contributed by atoms with van der Waals surface area (Å²) in [5.41, 5.74) is 2.20. The third kappa shape index (κ3) is 5.05. The molecule has 0 aliphatic carbocycles. The van der Waals surface area contributed by atoms with Gasteiger partial charge in [-0.3, -0.25) is 4.79 Å². The van der Waals surface area contributed by atoms with Crippen LogP contribution in [-0.4, -0.2) is 48.0 Å². The number of anilines is 2. The van der Waals surface area contributed by atoms with Gasteiger partial charge in [0.25, 0.3) is 0 Å². The summed E-state index contributed by atoms with van der Waals surface area (Å²) < 4.78 is 0. The van der Waals surface area contributed by atoms with E-state index in [0.29, 0.717) is 18.7 Å². The number of carbonyl (C=O) groups excluding carboxylic acids is 1. The molecule has 0 bridgehead atoms. The first-order valence-corrected chi connectivity index (χ1v) is 10.0. The Balaban J connectivity index is 1.68. The molecule has 29 heavy (non-hydrogen) atoms. The van der Waals surface area contributed by atoms with E-state index in [1.165, 1.54) is 0 Å². The van der Waals surface area contributed by atoms with Crippen molar-refractivity contribution < 1.29 is 4.79 Å². The maximum atomic E-state index is 13.3. The monoisotopic (exact) mass is 391 g/mol. The molecule has 152 valence electrons. The highest BCUT2D eigenvalue weighted by molar-refractivity contribution is 5.86. The second-order valence-corrected chi connectivity index (χ2v) is 8.58. The van der Waals surface area contributed by atoms with E-state index in [2.05, 4.69) is 42.0 Å². The topological polar surface area (TPSA) is 72.3 Å². The minimum absolute atomic E-state index is 0.110. The van der Waals surface area contributed by atoms with Crippen molar-refractivity contribution in [2.45, 2.75) is 33.7 Å². The predicted octanol–water partition coefficient (Wildman–Crippen LogP) is 3.44. The van der Waals surface area contributed by atoms with Crippen molar-refractivity contribution in [1.82, 2.24) is 9.88 Å². The summed E-state index contributed by atoms with van der Waals surface area (Å²) in [5.74, 6) is 1.08. The normalized spacial score (nSPS) is 15.6. The summed E-state index contributed by atoms with van der Waals surface area (Å²) in [6.45, 7) is 11.1. The number of piperazine rings is 1. The third-order valence-electron chi connectivity index (χ3n) is 5.23. The number of pyridine rings is 1. The molecule has 1 atom stereocenters. The third-order valence-corrected chi connectivity index (χ3v) is 5.23. The lowest BCUT2D eigenvalue weighted by atomic mass is 9.85. The Labute approximate surface area is 173 Å². The molecule has 6 heteroatoms. The molecule has 6 nitrogen and oxygen atoms in total. The minimum atomic E-state index is -0.348. The fraction of sp³-hybridized carbons (Fsp3) is 0.435. The van der Waals surface area contributed by atoms with Crippen molar-refractivity contribution in [3.63, 3.8) is 0 Å². The Bertz CT molecular complexity index is 887. The first-order valence-electron chi connectivity index (χ1n) is 10.0. The molecule has 1 unspecified atom stereocenters. The highest BCUT2D eigenvalue weighted by Crippen LogP contribution is 2.26. The standard InChI is InChI=1S/C23H29N5O/c1-17-6-5-7-20(25-17)27-12-14-28(15-13-27)22(29)21(23(2,3)4)26-19-10-8-18(16-24)9-11-19/h5-11,21,26H,12-15H2,1-4H3. The Kier molecular flexibility index (Phi) is 6.07. The number of hydrogen-bond donors (Lipinski definition) is 1. The first kappa shape index (κ1) is 20.7. The van der Waals surface area contributed by atoms with Crippen LogP contribution in [0, 0.1) is 23.7 Å². The number of nitrogens with zero attached hydrogens (tertiary/aromatic N) is 4. The van der Waals surface area contributed by atoms with E-state index in [4.69, 9.17) is 5.26 Å². The average Bonchev–Trinajstić information content (AvgIpc) is 2.71.